The van der Waals surface area contributed by atoms with Crippen LogP contribution in [0, 0.1) is 10.1 Å². The van der Waals surface area contributed by atoms with E-state index in [4.69, 9.17) is 14.2 Å². The van der Waals surface area contributed by atoms with Crippen LogP contribution in [0.2, 0.25) is 0 Å². The number of non-ortho nitro benzene ring substituents is 1. The number of methoxy groups -OCH3 is 1. The van der Waals surface area contributed by atoms with Gasteiger partial charge in [-0.3, -0.25) is 14.9 Å². The lowest BCUT2D eigenvalue weighted by atomic mass is 10.1. The third-order valence-corrected chi connectivity index (χ3v) is 5.96. The van der Waals surface area contributed by atoms with Crippen molar-refractivity contribution in [3.05, 3.63) is 85.6 Å². The molecule has 1 aromatic heterocycles. The average Bonchev–Trinajstić information content (AvgIpc) is 3.39. The Bertz CT molecular complexity index is 1190. The maximum absolute atomic E-state index is 13.2. The van der Waals surface area contributed by atoms with Crippen LogP contribution in [0.25, 0.3) is 0 Å². The normalized spacial score (nSPS) is 10.5. The molecule has 0 N–H and O–H groups in total. The number of esters is 1. The van der Waals surface area contributed by atoms with Crippen LogP contribution < -0.4 is 9.47 Å². The van der Waals surface area contributed by atoms with Crippen molar-refractivity contribution < 1.29 is 28.7 Å². The van der Waals surface area contributed by atoms with Gasteiger partial charge in [-0.25, -0.2) is 4.79 Å². The molecule has 10 heteroatoms. The molecule has 0 atom stereocenters. The third-order valence-electron chi connectivity index (χ3n) is 5.11. The lowest BCUT2D eigenvalue weighted by molar-refractivity contribution is -0.384. The largest absolute Gasteiger partial charge is 0.493 e. The third kappa shape index (κ3) is 6.57. The van der Waals surface area contributed by atoms with E-state index in [1.54, 1.807) is 44.4 Å². The van der Waals surface area contributed by atoms with E-state index < -0.39 is 16.8 Å². The molecule has 0 unspecified atom stereocenters. The first-order valence-corrected chi connectivity index (χ1v) is 11.8. The summed E-state index contributed by atoms with van der Waals surface area (Å²) in [7, 11) is 1.54. The number of carbonyl (C=O) groups excluding carboxylic acids is 2. The van der Waals surface area contributed by atoms with Crippen molar-refractivity contribution >= 4 is 28.9 Å². The fraction of sp³-hybridized carbons (Fsp3) is 0.280. The first-order chi connectivity index (χ1) is 16.9. The molecule has 9 nitrogen and oxygen atoms in total. The minimum absolute atomic E-state index is 0.0342. The van der Waals surface area contributed by atoms with Crippen LogP contribution in [-0.4, -0.2) is 42.0 Å². The van der Waals surface area contributed by atoms with E-state index in [2.05, 4.69) is 0 Å². The highest BCUT2D eigenvalue weighted by Crippen LogP contribution is 2.30. The predicted molar refractivity (Wildman–Crippen MR) is 131 cm³/mol. The zero-order valence-electron chi connectivity index (χ0n) is 19.7. The Morgan fingerprint density at radius 1 is 1.06 bits per heavy atom. The number of ether oxygens (including phenoxy) is 3. The van der Waals surface area contributed by atoms with Crippen LogP contribution in [0.1, 0.15) is 45.0 Å². The lowest BCUT2D eigenvalue weighted by Gasteiger charge is -2.22. The van der Waals surface area contributed by atoms with Crippen molar-refractivity contribution in [1.29, 1.82) is 0 Å². The van der Waals surface area contributed by atoms with Crippen molar-refractivity contribution in [2.24, 2.45) is 0 Å². The van der Waals surface area contributed by atoms with Gasteiger partial charge in [-0.2, -0.15) is 0 Å². The summed E-state index contributed by atoms with van der Waals surface area (Å²) in [5.41, 5.74) is 0.418. The summed E-state index contributed by atoms with van der Waals surface area (Å²) in [4.78, 5) is 38.7. The Balaban J connectivity index is 1.81. The molecule has 0 saturated carbocycles. The Hall–Kier alpha value is -3.92. The van der Waals surface area contributed by atoms with Crippen LogP contribution in [0.15, 0.2) is 53.9 Å². The predicted octanol–water partition coefficient (Wildman–Crippen LogP) is 5.08. The molecule has 0 aliphatic heterocycles. The number of rotatable bonds is 11. The molecule has 0 radical (unpaired) electrons. The first-order valence-electron chi connectivity index (χ1n) is 10.9. The summed E-state index contributed by atoms with van der Waals surface area (Å²) in [5, 5.41) is 13.4. The van der Waals surface area contributed by atoms with Gasteiger partial charge in [0.2, 0.25) is 0 Å². The molecule has 0 bridgehead atoms. The van der Waals surface area contributed by atoms with Gasteiger partial charge in [0.25, 0.3) is 11.6 Å². The number of nitrogens with zero attached hydrogens (tertiary/aromatic N) is 2. The highest BCUT2D eigenvalue weighted by atomic mass is 32.1. The number of hydrogen-bond acceptors (Lipinski definition) is 8. The van der Waals surface area contributed by atoms with Gasteiger partial charge in [0, 0.05) is 35.7 Å². The van der Waals surface area contributed by atoms with Crippen molar-refractivity contribution in [3.63, 3.8) is 0 Å². The molecule has 0 aliphatic carbocycles. The average molecular weight is 499 g/mol. The minimum Gasteiger partial charge on any atom is -0.493 e. The number of thiophene rings is 1. The SMILES string of the molecule is CCOC(=O)c1cc(C(=O)N(CC)Cc2ccc(OCc3cccs3)c(OC)c2)cc([N+](=O)[O-])c1. The Kier molecular flexibility index (Phi) is 8.80. The van der Waals surface area contributed by atoms with Gasteiger partial charge in [0.1, 0.15) is 6.61 Å². The maximum Gasteiger partial charge on any atom is 0.338 e. The Morgan fingerprint density at radius 3 is 2.46 bits per heavy atom. The van der Waals surface area contributed by atoms with E-state index in [1.807, 2.05) is 23.6 Å². The summed E-state index contributed by atoms with van der Waals surface area (Å²) in [5.74, 6) is -0.0609. The number of carbonyl (C=O) groups is 2. The number of nitro groups is 1. The van der Waals surface area contributed by atoms with E-state index in [0.29, 0.717) is 24.7 Å². The molecule has 1 heterocycles. The van der Waals surface area contributed by atoms with E-state index in [9.17, 15) is 19.7 Å². The van der Waals surface area contributed by atoms with Crippen LogP contribution in [0.5, 0.6) is 11.5 Å². The van der Waals surface area contributed by atoms with Gasteiger partial charge in [0.15, 0.2) is 11.5 Å². The van der Waals surface area contributed by atoms with Crippen LogP contribution in [-0.2, 0) is 17.9 Å². The monoisotopic (exact) mass is 498 g/mol. The molecule has 0 saturated heterocycles. The van der Waals surface area contributed by atoms with Crippen LogP contribution >= 0.6 is 11.3 Å². The van der Waals surface area contributed by atoms with Gasteiger partial charge >= 0.3 is 5.97 Å². The molecular formula is C25H26N2O7S. The number of amides is 1. The molecule has 2 aromatic carbocycles. The summed E-state index contributed by atoms with van der Waals surface area (Å²) in [6.07, 6.45) is 0. The molecule has 184 valence electrons. The second-order valence-corrected chi connectivity index (χ2v) is 8.45. The second kappa shape index (κ2) is 12.0. The number of benzene rings is 2. The van der Waals surface area contributed by atoms with Crippen molar-refractivity contribution in [2.75, 3.05) is 20.3 Å². The van der Waals surface area contributed by atoms with E-state index in [1.165, 1.54) is 11.0 Å². The molecule has 0 spiro atoms. The number of nitro benzene ring substituents is 1. The van der Waals surface area contributed by atoms with E-state index in [0.717, 1.165) is 22.6 Å². The van der Waals surface area contributed by atoms with E-state index in [-0.39, 0.29) is 30.0 Å². The topological polar surface area (TPSA) is 108 Å². The van der Waals surface area contributed by atoms with E-state index >= 15 is 0 Å². The Morgan fingerprint density at radius 2 is 1.83 bits per heavy atom. The summed E-state index contributed by atoms with van der Waals surface area (Å²) in [6.45, 7) is 4.54. The molecule has 0 aliphatic rings. The quantitative estimate of drug-likeness (QED) is 0.206. The first kappa shape index (κ1) is 25.7. The standard InChI is InChI=1S/C25H26N2O7S/c1-4-26(24(28)18-12-19(25(29)33-5-2)14-20(13-18)27(30)31)15-17-8-9-22(23(11-17)32-3)34-16-21-7-6-10-35-21/h6-14H,4-5,15-16H2,1-3H3. The second-order valence-electron chi connectivity index (χ2n) is 7.42. The molecular weight excluding hydrogens is 472 g/mol. The zero-order chi connectivity index (χ0) is 25.4. The summed E-state index contributed by atoms with van der Waals surface area (Å²) in [6, 6.07) is 12.9. The highest BCUT2D eigenvalue weighted by molar-refractivity contribution is 7.09. The fourth-order valence-corrected chi connectivity index (χ4v) is 3.99. The molecule has 3 rings (SSSR count). The summed E-state index contributed by atoms with van der Waals surface area (Å²) >= 11 is 1.60. The summed E-state index contributed by atoms with van der Waals surface area (Å²) < 4.78 is 16.3. The Labute approximate surface area is 207 Å². The minimum atomic E-state index is -0.726. The van der Waals surface area contributed by atoms with Gasteiger partial charge in [-0.1, -0.05) is 12.1 Å². The van der Waals surface area contributed by atoms with Gasteiger partial charge in [-0.05, 0) is 49.1 Å². The zero-order valence-corrected chi connectivity index (χ0v) is 20.5. The lowest BCUT2D eigenvalue weighted by Crippen LogP contribution is -2.30. The molecule has 3 aromatic rings. The van der Waals surface area contributed by atoms with Gasteiger partial charge < -0.3 is 19.1 Å². The fourth-order valence-electron chi connectivity index (χ4n) is 3.38. The smallest absolute Gasteiger partial charge is 0.338 e. The maximum atomic E-state index is 13.2. The number of hydrogen-bond donors (Lipinski definition) is 0. The van der Waals surface area contributed by atoms with Crippen molar-refractivity contribution in [3.8, 4) is 11.5 Å². The highest BCUT2D eigenvalue weighted by Gasteiger charge is 2.22. The van der Waals surface area contributed by atoms with Gasteiger partial charge in [-0.15, -0.1) is 11.3 Å². The molecule has 0 fully saturated rings. The van der Waals surface area contributed by atoms with Crippen LogP contribution in [0.4, 0.5) is 5.69 Å². The molecule has 35 heavy (non-hydrogen) atoms. The van der Waals surface area contributed by atoms with Crippen molar-refractivity contribution in [2.45, 2.75) is 27.0 Å². The molecule has 1 amide bonds. The van der Waals surface area contributed by atoms with Crippen molar-refractivity contribution in [1.82, 2.24) is 4.90 Å². The van der Waals surface area contributed by atoms with Gasteiger partial charge in [0.05, 0.1) is 24.2 Å². The van der Waals surface area contributed by atoms with Crippen LogP contribution in [0.3, 0.4) is 0 Å².